The van der Waals surface area contributed by atoms with Crippen LogP contribution in [-0.4, -0.2) is 24.1 Å². The van der Waals surface area contributed by atoms with E-state index >= 15 is 0 Å². The maximum absolute atomic E-state index is 4.43. The molecule has 0 aliphatic carbocycles. The average Bonchev–Trinajstić information content (AvgIpc) is 2.82. The van der Waals surface area contributed by atoms with Crippen molar-refractivity contribution in [1.82, 2.24) is 9.97 Å². The smallest absolute Gasteiger partial charge is 0.224 e. The van der Waals surface area contributed by atoms with Gasteiger partial charge >= 0.3 is 0 Å². The third-order valence-electron chi connectivity index (χ3n) is 2.28. The highest BCUT2D eigenvalue weighted by Crippen LogP contribution is 2.25. The van der Waals surface area contributed by atoms with Crippen molar-refractivity contribution in [3.63, 3.8) is 0 Å². The van der Waals surface area contributed by atoms with Gasteiger partial charge in [-0.2, -0.15) is 4.98 Å². The van der Waals surface area contributed by atoms with Gasteiger partial charge in [0.05, 0.1) is 11.0 Å². The molecule has 6 heteroatoms. The lowest BCUT2D eigenvalue weighted by atomic mass is 10.4. The number of thiophene rings is 1. The Morgan fingerprint density at radius 1 is 1.53 bits per heavy atom. The molecule has 0 aromatic carbocycles. The van der Waals surface area contributed by atoms with Crippen molar-refractivity contribution in [2.45, 2.75) is 6.54 Å². The molecule has 0 spiro atoms. The normalized spacial score (nSPS) is 10.3. The van der Waals surface area contributed by atoms with Gasteiger partial charge in [0.2, 0.25) is 5.95 Å². The Bertz CT molecular complexity index is 486. The summed E-state index contributed by atoms with van der Waals surface area (Å²) in [5.74, 6) is 1.51. The van der Waals surface area contributed by atoms with Crippen LogP contribution in [0.5, 0.6) is 0 Å². The first-order valence-corrected chi connectivity index (χ1v) is 6.82. The van der Waals surface area contributed by atoms with Gasteiger partial charge in [0.15, 0.2) is 0 Å². The summed E-state index contributed by atoms with van der Waals surface area (Å²) in [5.41, 5.74) is 0. The molecular weight excluding hydrogens is 300 g/mol. The van der Waals surface area contributed by atoms with Crippen LogP contribution in [0.3, 0.4) is 0 Å². The second-order valence-electron chi connectivity index (χ2n) is 3.55. The van der Waals surface area contributed by atoms with E-state index < -0.39 is 0 Å². The summed E-state index contributed by atoms with van der Waals surface area (Å²) in [6.45, 7) is 0.844. The van der Waals surface area contributed by atoms with Gasteiger partial charge in [0.1, 0.15) is 5.82 Å². The topological polar surface area (TPSA) is 41.1 Å². The fourth-order valence-corrected chi connectivity index (χ4v) is 2.71. The van der Waals surface area contributed by atoms with Crippen molar-refractivity contribution in [3.8, 4) is 0 Å². The Kier molecular flexibility index (Phi) is 3.96. The van der Waals surface area contributed by atoms with Crippen LogP contribution in [0.2, 0.25) is 0 Å². The molecule has 0 fully saturated rings. The number of rotatable bonds is 4. The second kappa shape index (κ2) is 5.46. The lowest BCUT2D eigenvalue weighted by molar-refractivity contribution is 0.900. The van der Waals surface area contributed by atoms with Crippen LogP contribution in [0.15, 0.2) is 28.2 Å². The molecule has 90 valence electrons. The SMILES string of the molecule is CNc1ncc(Br)c(N(C)Cc2cccs2)n1. The molecule has 0 unspecified atom stereocenters. The first-order valence-electron chi connectivity index (χ1n) is 5.14. The van der Waals surface area contributed by atoms with Crippen molar-refractivity contribution in [1.29, 1.82) is 0 Å². The molecule has 0 saturated heterocycles. The van der Waals surface area contributed by atoms with Gasteiger partial charge < -0.3 is 10.2 Å². The molecule has 1 N–H and O–H groups in total. The highest BCUT2D eigenvalue weighted by atomic mass is 79.9. The van der Waals surface area contributed by atoms with Gasteiger partial charge in [-0.1, -0.05) is 6.07 Å². The van der Waals surface area contributed by atoms with E-state index in [0.717, 1.165) is 16.8 Å². The molecule has 2 aromatic rings. The summed E-state index contributed by atoms with van der Waals surface area (Å²) in [5, 5.41) is 5.02. The third-order valence-corrected chi connectivity index (χ3v) is 3.70. The Morgan fingerprint density at radius 3 is 3.00 bits per heavy atom. The molecule has 0 saturated carbocycles. The number of halogens is 1. The lowest BCUT2D eigenvalue weighted by Crippen LogP contribution is -2.18. The molecule has 2 heterocycles. The number of anilines is 2. The van der Waals surface area contributed by atoms with E-state index in [1.54, 1.807) is 17.5 Å². The largest absolute Gasteiger partial charge is 0.357 e. The second-order valence-corrected chi connectivity index (χ2v) is 5.44. The van der Waals surface area contributed by atoms with Gasteiger partial charge in [-0.05, 0) is 27.4 Å². The number of hydrogen-bond donors (Lipinski definition) is 1. The number of hydrogen-bond acceptors (Lipinski definition) is 5. The zero-order valence-electron chi connectivity index (χ0n) is 9.64. The van der Waals surface area contributed by atoms with E-state index in [-0.39, 0.29) is 0 Å². The molecule has 4 nitrogen and oxygen atoms in total. The monoisotopic (exact) mass is 312 g/mol. The van der Waals surface area contributed by atoms with E-state index in [4.69, 9.17) is 0 Å². The Hall–Kier alpha value is -1.14. The third kappa shape index (κ3) is 2.95. The molecular formula is C11H13BrN4S. The summed E-state index contributed by atoms with van der Waals surface area (Å²) in [6.07, 6.45) is 1.76. The van der Waals surface area contributed by atoms with Crippen molar-refractivity contribution in [3.05, 3.63) is 33.1 Å². The minimum Gasteiger partial charge on any atom is -0.357 e. The summed E-state index contributed by atoms with van der Waals surface area (Å²) >= 11 is 5.22. The number of aromatic nitrogens is 2. The van der Waals surface area contributed by atoms with Crippen LogP contribution in [0.1, 0.15) is 4.88 Å². The van der Waals surface area contributed by atoms with E-state index in [1.165, 1.54) is 4.88 Å². The molecule has 0 atom stereocenters. The quantitative estimate of drug-likeness (QED) is 0.942. The molecule has 2 aromatic heterocycles. The van der Waals surface area contributed by atoms with Crippen LogP contribution >= 0.6 is 27.3 Å². The fourth-order valence-electron chi connectivity index (χ4n) is 1.46. The highest BCUT2D eigenvalue weighted by molar-refractivity contribution is 9.10. The van der Waals surface area contributed by atoms with Gasteiger partial charge in [0, 0.05) is 25.2 Å². The highest BCUT2D eigenvalue weighted by Gasteiger charge is 2.10. The van der Waals surface area contributed by atoms with Gasteiger partial charge in [-0.25, -0.2) is 4.98 Å². The van der Waals surface area contributed by atoms with Crippen molar-refractivity contribution < 1.29 is 0 Å². The molecule has 17 heavy (non-hydrogen) atoms. The van der Waals surface area contributed by atoms with Crippen molar-refractivity contribution >= 4 is 39.0 Å². The first-order chi connectivity index (χ1) is 8.20. The van der Waals surface area contributed by atoms with Crippen LogP contribution < -0.4 is 10.2 Å². The standard InChI is InChI=1S/C11H13BrN4S/c1-13-11-14-6-9(12)10(15-11)16(2)7-8-4-3-5-17-8/h3-6H,7H2,1-2H3,(H,13,14,15). The zero-order chi connectivity index (χ0) is 12.3. The predicted molar refractivity (Wildman–Crippen MR) is 75.7 cm³/mol. The van der Waals surface area contributed by atoms with Crippen LogP contribution in [0.25, 0.3) is 0 Å². The summed E-state index contributed by atoms with van der Waals surface area (Å²) in [7, 11) is 3.83. The fraction of sp³-hybridized carbons (Fsp3) is 0.273. The molecule has 2 rings (SSSR count). The summed E-state index contributed by atoms with van der Waals surface area (Å²) < 4.78 is 0.899. The van der Waals surface area contributed by atoms with Gasteiger partial charge in [-0.15, -0.1) is 11.3 Å². The summed E-state index contributed by atoms with van der Waals surface area (Å²) in [4.78, 5) is 12.0. The molecule has 0 bridgehead atoms. The summed E-state index contributed by atoms with van der Waals surface area (Å²) in [6, 6.07) is 4.18. The maximum atomic E-state index is 4.43. The Balaban J connectivity index is 2.20. The van der Waals surface area contributed by atoms with E-state index in [1.807, 2.05) is 14.1 Å². The Morgan fingerprint density at radius 2 is 2.35 bits per heavy atom. The lowest BCUT2D eigenvalue weighted by Gasteiger charge is -2.18. The van der Waals surface area contributed by atoms with Crippen LogP contribution in [0, 0.1) is 0 Å². The maximum Gasteiger partial charge on any atom is 0.224 e. The minimum absolute atomic E-state index is 0.626. The first kappa shape index (κ1) is 12.3. The minimum atomic E-state index is 0.626. The van der Waals surface area contributed by atoms with Crippen molar-refractivity contribution in [2.75, 3.05) is 24.3 Å². The Labute approximate surface area is 113 Å². The molecule has 0 amide bonds. The van der Waals surface area contributed by atoms with E-state index in [9.17, 15) is 0 Å². The van der Waals surface area contributed by atoms with E-state index in [0.29, 0.717) is 5.95 Å². The molecule has 0 radical (unpaired) electrons. The van der Waals surface area contributed by atoms with Crippen LogP contribution in [-0.2, 0) is 6.54 Å². The molecule has 0 aliphatic rings. The van der Waals surface area contributed by atoms with E-state index in [2.05, 4.69) is 53.6 Å². The van der Waals surface area contributed by atoms with Crippen molar-refractivity contribution in [2.24, 2.45) is 0 Å². The predicted octanol–water partition coefficient (Wildman–Crippen LogP) is 2.98. The van der Waals surface area contributed by atoms with Crippen LogP contribution in [0.4, 0.5) is 11.8 Å². The van der Waals surface area contributed by atoms with Gasteiger partial charge in [0.25, 0.3) is 0 Å². The number of nitrogens with zero attached hydrogens (tertiary/aromatic N) is 3. The average molecular weight is 313 g/mol. The van der Waals surface area contributed by atoms with Gasteiger partial charge in [-0.3, -0.25) is 0 Å². The number of nitrogens with one attached hydrogen (secondary N) is 1. The molecule has 0 aliphatic heterocycles. The zero-order valence-corrected chi connectivity index (χ0v) is 12.0.